The van der Waals surface area contributed by atoms with Crippen LogP contribution in [0.3, 0.4) is 0 Å². The van der Waals surface area contributed by atoms with E-state index in [0.29, 0.717) is 11.4 Å². The largest absolute Gasteiger partial charge is 0.492 e. The third-order valence-corrected chi connectivity index (χ3v) is 4.47. The van der Waals surface area contributed by atoms with Crippen molar-refractivity contribution in [2.24, 2.45) is 9.98 Å². The third kappa shape index (κ3) is 3.18. The van der Waals surface area contributed by atoms with Crippen molar-refractivity contribution in [3.63, 3.8) is 0 Å². The van der Waals surface area contributed by atoms with Gasteiger partial charge < -0.3 is 9.47 Å². The summed E-state index contributed by atoms with van der Waals surface area (Å²) in [6.07, 6.45) is 3.29. The molecule has 0 saturated heterocycles. The number of allylic oxidation sites excluding steroid dienone is 3. The lowest BCUT2D eigenvalue weighted by molar-refractivity contribution is -0.117. The SMILES string of the molecule is COC1=CC(=C2N=C(c3ccccc3)C(c3ccccc3)=N2)C=C(OC)C1=O. The van der Waals surface area contributed by atoms with Crippen LogP contribution in [-0.2, 0) is 14.3 Å². The van der Waals surface area contributed by atoms with Crippen molar-refractivity contribution >= 4 is 17.2 Å². The summed E-state index contributed by atoms with van der Waals surface area (Å²) in [5, 5.41) is 0. The number of Topliss-reactive ketones (excluding diaryl/α,β-unsaturated/α-hetero) is 1. The van der Waals surface area contributed by atoms with E-state index in [-0.39, 0.29) is 17.3 Å². The van der Waals surface area contributed by atoms with Crippen molar-refractivity contribution in [3.05, 3.63) is 107 Å². The molecule has 0 unspecified atom stereocenters. The van der Waals surface area contributed by atoms with E-state index in [9.17, 15) is 4.79 Å². The smallest absolute Gasteiger partial charge is 0.261 e. The van der Waals surface area contributed by atoms with E-state index in [4.69, 9.17) is 19.5 Å². The molecule has 2 aromatic rings. The predicted molar refractivity (Wildman–Crippen MR) is 108 cm³/mol. The quantitative estimate of drug-likeness (QED) is 0.822. The number of aliphatic imine (C=N–C) groups is 2. The van der Waals surface area contributed by atoms with Crippen LogP contribution in [0.25, 0.3) is 0 Å². The number of carbonyl (C=O) groups is 1. The molecule has 0 aromatic heterocycles. The molecule has 5 nitrogen and oxygen atoms in total. The minimum atomic E-state index is -0.299. The van der Waals surface area contributed by atoms with Gasteiger partial charge in [0.15, 0.2) is 17.3 Å². The van der Waals surface area contributed by atoms with Crippen LogP contribution in [0.2, 0.25) is 0 Å². The van der Waals surface area contributed by atoms with Gasteiger partial charge in [-0.2, -0.15) is 0 Å². The summed E-state index contributed by atoms with van der Waals surface area (Å²) in [7, 11) is 2.91. The van der Waals surface area contributed by atoms with Gasteiger partial charge in [0.25, 0.3) is 5.78 Å². The molecule has 5 heteroatoms. The van der Waals surface area contributed by atoms with Crippen LogP contribution in [0.4, 0.5) is 0 Å². The first kappa shape index (κ1) is 17.7. The van der Waals surface area contributed by atoms with E-state index in [1.165, 1.54) is 14.2 Å². The van der Waals surface area contributed by atoms with Gasteiger partial charge in [-0.15, -0.1) is 0 Å². The summed E-state index contributed by atoms with van der Waals surface area (Å²) < 4.78 is 10.4. The Morgan fingerprint density at radius 1 is 0.679 bits per heavy atom. The highest BCUT2D eigenvalue weighted by Gasteiger charge is 2.26. The summed E-state index contributed by atoms with van der Waals surface area (Å²) in [6.45, 7) is 0. The monoisotopic (exact) mass is 370 g/mol. The summed E-state index contributed by atoms with van der Waals surface area (Å²) in [4.78, 5) is 21.8. The molecule has 0 amide bonds. The Labute approximate surface area is 163 Å². The Bertz CT molecular complexity index is 992. The van der Waals surface area contributed by atoms with Gasteiger partial charge in [0.2, 0.25) is 0 Å². The number of methoxy groups -OCH3 is 2. The molecule has 0 spiro atoms. The number of nitrogens with zero attached hydrogens (tertiary/aromatic N) is 2. The normalized spacial score (nSPS) is 16.3. The maximum atomic E-state index is 12.2. The van der Waals surface area contributed by atoms with Crippen molar-refractivity contribution in [2.75, 3.05) is 14.2 Å². The second kappa shape index (κ2) is 7.48. The van der Waals surface area contributed by atoms with Gasteiger partial charge in [0.1, 0.15) is 0 Å². The van der Waals surface area contributed by atoms with E-state index in [1.54, 1.807) is 12.2 Å². The van der Waals surface area contributed by atoms with Gasteiger partial charge in [-0.3, -0.25) is 4.79 Å². The van der Waals surface area contributed by atoms with Crippen LogP contribution in [0.5, 0.6) is 0 Å². The second-order valence-electron chi connectivity index (χ2n) is 6.19. The van der Waals surface area contributed by atoms with Crippen LogP contribution in [0, 0.1) is 0 Å². The summed E-state index contributed by atoms with van der Waals surface area (Å²) in [5.74, 6) is 0.601. The van der Waals surface area contributed by atoms with E-state index < -0.39 is 0 Å². The minimum absolute atomic E-state index is 0.196. The van der Waals surface area contributed by atoms with Crippen molar-refractivity contribution in [3.8, 4) is 0 Å². The Morgan fingerprint density at radius 3 is 1.50 bits per heavy atom. The molecule has 0 N–H and O–H groups in total. The van der Waals surface area contributed by atoms with Gasteiger partial charge in [-0.25, -0.2) is 9.98 Å². The molecule has 0 saturated carbocycles. The number of ketones is 1. The highest BCUT2D eigenvalue weighted by Crippen LogP contribution is 2.28. The first-order valence-electron chi connectivity index (χ1n) is 8.80. The molecule has 4 rings (SSSR count). The fraction of sp³-hybridized carbons (Fsp3) is 0.0870. The Hall–Kier alpha value is -3.73. The highest BCUT2D eigenvalue weighted by atomic mass is 16.5. The number of hydrogen-bond donors (Lipinski definition) is 0. The third-order valence-electron chi connectivity index (χ3n) is 4.47. The number of benzene rings is 2. The average molecular weight is 370 g/mol. The molecular formula is C23H18N2O3. The lowest BCUT2D eigenvalue weighted by Gasteiger charge is -2.13. The summed E-state index contributed by atoms with van der Waals surface area (Å²) in [5.41, 5.74) is 4.17. The van der Waals surface area contributed by atoms with Crippen molar-refractivity contribution in [2.45, 2.75) is 0 Å². The average Bonchev–Trinajstić information content (AvgIpc) is 3.21. The summed E-state index contributed by atoms with van der Waals surface area (Å²) >= 11 is 0. The standard InChI is InChI=1S/C23H18N2O3/c1-27-18-13-17(14-19(28-2)22(18)26)23-24-20(15-9-5-3-6-10-15)21(25-23)16-11-7-4-8-12-16/h3-14H,1-2H3. The van der Waals surface area contributed by atoms with Crippen molar-refractivity contribution < 1.29 is 14.3 Å². The number of hydrogen-bond acceptors (Lipinski definition) is 5. The topological polar surface area (TPSA) is 60.3 Å². The van der Waals surface area contributed by atoms with Crippen LogP contribution >= 0.6 is 0 Å². The van der Waals surface area contributed by atoms with E-state index in [1.807, 2.05) is 60.7 Å². The van der Waals surface area contributed by atoms with Crippen LogP contribution in [0.1, 0.15) is 11.1 Å². The van der Waals surface area contributed by atoms with E-state index >= 15 is 0 Å². The maximum absolute atomic E-state index is 12.2. The molecule has 2 aliphatic rings. The fourth-order valence-corrected chi connectivity index (χ4v) is 3.08. The van der Waals surface area contributed by atoms with Crippen LogP contribution in [0.15, 0.2) is 106 Å². The van der Waals surface area contributed by atoms with Gasteiger partial charge >= 0.3 is 0 Å². The van der Waals surface area contributed by atoms with Crippen molar-refractivity contribution in [1.82, 2.24) is 0 Å². The van der Waals surface area contributed by atoms with Gasteiger partial charge in [-0.1, -0.05) is 60.7 Å². The lowest BCUT2D eigenvalue weighted by atomic mass is 10.0. The maximum Gasteiger partial charge on any atom is 0.261 e. The molecule has 138 valence electrons. The molecule has 28 heavy (non-hydrogen) atoms. The van der Waals surface area contributed by atoms with Gasteiger partial charge in [0.05, 0.1) is 25.6 Å². The first-order chi connectivity index (χ1) is 13.7. The molecule has 1 heterocycles. The molecule has 1 aliphatic heterocycles. The zero-order valence-electron chi connectivity index (χ0n) is 15.5. The van der Waals surface area contributed by atoms with Gasteiger partial charge in [-0.05, 0) is 12.2 Å². The van der Waals surface area contributed by atoms with E-state index in [2.05, 4.69) is 0 Å². The first-order valence-corrected chi connectivity index (χ1v) is 8.80. The molecule has 0 atom stereocenters. The lowest BCUT2D eigenvalue weighted by Crippen LogP contribution is -2.13. The molecule has 1 aliphatic carbocycles. The fourth-order valence-electron chi connectivity index (χ4n) is 3.08. The minimum Gasteiger partial charge on any atom is -0.492 e. The Kier molecular flexibility index (Phi) is 4.72. The number of ether oxygens (including phenoxy) is 2. The number of rotatable bonds is 4. The second-order valence-corrected chi connectivity index (χ2v) is 6.19. The van der Waals surface area contributed by atoms with Crippen molar-refractivity contribution in [1.29, 1.82) is 0 Å². The molecule has 0 radical (unpaired) electrons. The molecule has 0 bridgehead atoms. The highest BCUT2D eigenvalue weighted by molar-refractivity contribution is 6.55. The van der Waals surface area contributed by atoms with E-state index in [0.717, 1.165) is 22.6 Å². The molecule has 0 fully saturated rings. The molecular weight excluding hydrogens is 352 g/mol. The predicted octanol–water partition coefficient (Wildman–Crippen LogP) is 3.83. The Balaban J connectivity index is 1.90. The molecule has 2 aromatic carbocycles. The Morgan fingerprint density at radius 2 is 1.11 bits per heavy atom. The van der Waals surface area contributed by atoms with Crippen LogP contribution in [-0.4, -0.2) is 31.4 Å². The summed E-state index contributed by atoms with van der Waals surface area (Å²) in [6, 6.07) is 19.8. The zero-order valence-corrected chi connectivity index (χ0v) is 15.5. The zero-order chi connectivity index (χ0) is 19.5. The number of carbonyl (C=O) groups excluding carboxylic acids is 1. The van der Waals surface area contributed by atoms with Gasteiger partial charge in [0, 0.05) is 16.7 Å². The van der Waals surface area contributed by atoms with Crippen LogP contribution < -0.4 is 0 Å².